The Hall–Kier alpha value is -8.06. The predicted octanol–water partition coefficient (Wildman–Crippen LogP) is 14.5. The van der Waals surface area contributed by atoms with E-state index in [1.165, 1.54) is 0 Å². The average Bonchev–Trinajstić information content (AvgIpc) is 3.64. The van der Waals surface area contributed by atoms with Gasteiger partial charge >= 0.3 is 0 Å². The highest BCUT2D eigenvalue weighted by Gasteiger charge is 2.35. The van der Waals surface area contributed by atoms with Gasteiger partial charge in [-0.15, -0.1) is 0 Å². The van der Waals surface area contributed by atoms with Crippen molar-refractivity contribution in [1.82, 2.24) is 0 Å². The van der Waals surface area contributed by atoms with Crippen LogP contribution in [0.3, 0.4) is 0 Å². The molecule has 0 unspecified atom stereocenters. The first kappa shape index (κ1) is 41.3. The van der Waals surface area contributed by atoms with Gasteiger partial charge in [0.05, 0.1) is 0 Å². The summed E-state index contributed by atoms with van der Waals surface area (Å²) in [5, 5.41) is 0. The summed E-state index contributed by atoms with van der Waals surface area (Å²) in [6, 6.07) is 50.7. The van der Waals surface area contributed by atoms with Crippen molar-refractivity contribution >= 4 is 39.4 Å². The Morgan fingerprint density at radius 3 is 1.66 bits per heavy atom. The van der Waals surface area contributed by atoms with Gasteiger partial charge in [0.1, 0.15) is 11.5 Å². The second-order valence-electron chi connectivity index (χ2n) is 16.4. The number of ketones is 2. The second-order valence-corrected chi connectivity index (χ2v) is 16.4. The second kappa shape index (κ2) is 18.1. The Balaban J connectivity index is 1.10. The van der Waals surface area contributed by atoms with E-state index in [-0.39, 0.29) is 11.6 Å². The van der Waals surface area contributed by atoms with Crippen LogP contribution < -0.4 is 4.74 Å². The number of carbonyl (C=O) groups is 2. The molecule has 308 valence electrons. The standard InChI is InChI=1S/C61H46O3/c1-40-25-27-48(28-26-40)54(57(45-19-11-6-12-20-45)60(62)43(4)44-17-9-5-10-18-44)49-29-33-52(34-30-49)64-53-35-31-50(32-36-53)55-56(51-38-41(2)37-42(3)39-51)59(47-23-15-8-16-24-47)61(63)58(55)46-21-13-7-14-22-46/h7-9,11,13-39H,4,6,12H2,1-3H3/b57-54-. The molecule has 6 aromatic carbocycles. The van der Waals surface area contributed by atoms with Crippen LogP contribution in [0.5, 0.6) is 11.5 Å². The van der Waals surface area contributed by atoms with Gasteiger partial charge in [-0.05, 0) is 121 Å². The Bertz CT molecular complexity index is 3130. The van der Waals surface area contributed by atoms with Gasteiger partial charge < -0.3 is 4.74 Å². The Morgan fingerprint density at radius 1 is 0.562 bits per heavy atom. The van der Waals surface area contributed by atoms with Crippen molar-refractivity contribution in [3.05, 3.63) is 279 Å². The first-order valence-corrected chi connectivity index (χ1v) is 21.7. The highest BCUT2D eigenvalue weighted by Crippen LogP contribution is 2.50. The fourth-order valence-electron chi connectivity index (χ4n) is 8.75. The molecule has 3 nitrogen and oxygen atoms in total. The maximum atomic E-state index is 14.8. The van der Waals surface area contributed by atoms with Crippen LogP contribution in [-0.2, 0) is 9.59 Å². The summed E-state index contributed by atoms with van der Waals surface area (Å²) in [4.78, 5) is 29.5. The molecular weight excluding hydrogens is 781 g/mol. The first-order valence-electron chi connectivity index (χ1n) is 21.7. The molecule has 0 amide bonds. The lowest BCUT2D eigenvalue weighted by Crippen LogP contribution is -2.13. The molecule has 0 heterocycles. The highest BCUT2D eigenvalue weighted by atomic mass is 16.5. The average molecular weight is 827 g/mol. The van der Waals surface area contributed by atoms with Gasteiger partial charge in [-0.2, -0.15) is 0 Å². The van der Waals surface area contributed by atoms with Gasteiger partial charge in [0.25, 0.3) is 0 Å². The Morgan fingerprint density at radius 2 is 1.11 bits per heavy atom. The van der Waals surface area contributed by atoms with Crippen molar-refractivity contribution in [2.45, 2.75) is 33.6 Å². The molecule has 0 saturated carbocycles. The van der Waals surface area contributed by atoms with Gasteiger partial charge in [0, 0.05) is 39.0 Å². The third-order valence-electron chi connectivity index (χ3n) is 11.7. The Labute approximate surface area is 375 Å². The maximum absolute atomic E-state index is 14.8. The molecule has 0 radical (unpaired) electrons. The summed E-state index contributed by atoms with van der Waals surface area (Å²) in [5.74, 6) is 1.16. The molecule has 0 aliphatic heterocycles. The zero-order valence-corrected chi connectivity index (χ0v) is 36.2. The van der Waals surface area contributed by atoms with E-state index in [2.05, 4.69) is 93.4 Å². The fraction of sp³-hybridized carbons (Fsp3) is 0.0820. The van der Waals surface area contributed by atoms with E-state index in [1.54, 1.807) is 12.2 Å². The Kier molecular flexibility index (Phi) is 11.7. The van der Waals surface area contributed by atoms with E-state index in [0.29, 0.717) is 39.4 Å². The summed E-state index contributed by atoms with van der Waals surface area (Å²) in [6.45, 7) is 10.5. The zero-order chi connectivity index (χ0) is 44.2. The fourth-order valence-corrected chi connectivity index (χ4v) is 8.75. The summed E-state index contributed by atoms with van der Waals surface area (Å²) in [6.07, 6.45) is 13.4. The maximum Gasteiger partial charge on any atom is 0.195 e. The van der Waals surface area contributed by atoms with Crippen molar-refractivity contribution in [1.29, 1.82) is 0 Å². The molecule has 9 rings (SSSR count). The largest absolute Gasteiger partial charge is 0.457 e. The van der Waals surface area contributed by atoms with Gasteiger partial charge in [0.15, 0.2) is 11.6 Å². The predicted molar refractivity (Wildman–Crippen MR) is 262 cm³/mol. The third kappa shape index (κ3) is 8.43. The minimum absolute atomic E-state index is 0.00298. The molecule has 0 fully saturated rings. The number of benzene rings is 6. The van der Waals surface area contributed by atoms with Crippen LogP contribution in [-0.4, -0.2) is 11.6 Å². The molecule has 6 aromatic rings. The van der Waals surface area contributed by atoms with Crippen molar-refractivity contribution in [3.8, 4) is 11.5 Å². The van der Waals surface area contributed by atoms with E-state index >= 15 is 0 Å². The van der Waals surface area contributed by atoms with E-state index < -0.39 is 0 Å². The number of carbonyl (C=O) groups excluding carboxylic acids is 2. The van der Waals surface area contributed by atoms with E-state index in [4.69, 9.17) is 4.74 Å². The molecule has 0 saturated heterocycles. The van der Waals surface area contributed by atoms with Gasteiger partial charge in [-0.25, -0.2) is 0 Å². The van der Waals surface area contributed by atoms with Crippen LogP contribution in [0.25, 0.3) is 27.9 Å². The minimum atomic E-state index is -0.144. The lowest BCUT2D eigenvalue weighted by atomic mass is 9.82. The normalized spacial score (nSPS) is 14.7. The number of rotatable bonds is 12. The summed E-state index contributed by atoms with van der Waals surface area (Å²) < 4.78 is 6.52. The topological polar surface area (TPSA) is 43.4 Å². The molecule has 0 N–H and O–H groups in total. The minimum Gasteiger partial charge on any atom is -0.457 e. The molecule has 64 heavy (non-hydrogen) atoms. The molecule has 3 aliphatic rings. The number of allylic oxidation sites excluding steroid dienone is 14. The lowest BCUT2D eigenvalue weighted by Gasteiger charge is -2.20. The van der Waals surface area contributed by atoms with Crippen molar-refractivity contribution in [2.24, 2.45) is 0 Å². The summed E-state index contributed by atoms with van der Waals surface area (Å²) in [7, 11) is 0. The van der Waals surface area contributed by atoms with Crippen LogP contribution >= 0.6 is 0 Å². The molecule has 0 spiro atoms. The number of aryl methyl sites for hydroxylation is 3. The number of ether oxygens (including phenoxy) is 1. The van der Waals surface area contributed by atoms with E-state index in [9.17, 15) is 9.59 Å². The van der Waals surface area contributed by atoms with Crippen molar-refractivity contribution in [2.75, 3.05) is 0 Å². The van der Waals surface area contributed by atoms with Crippen LogP contribution in [0.2, 0.25) is 0 Å². The highest BCUT2D eigenvalue weighted by molar-refractivity contribution is 6.59. The SMILES string of the molecule is C=C(C(=O)/C(C1=CCCC=C1)=C(/c1ccc(C)cc1)c1ccc(Oc2ccc(C3=C(c4ccccc4)C(=O)C(c4ccccc4)=C3c3cc(C)cc(C)c3)cc2)cc1)C1=CC=C=C=C1. The van der Waals surface area contributed by atoms with E-state index in [0.717, 1.165) is 85.2 Å². The number of Topliss-reactive ketones (excluding diaryl/α,β-unsaturated/α-hetero) is 2. The molecule has 0 atom stereocenters. The molecule has 0 bridgehead atoms. The van der Waals surface area contributed by atoms with Crippen LogP contribution in [0.1, 0.15) is 62.9 Å². The summed E-state index contributed by atoms with van der Waals surface area (Å²) >= 11 is 0. The number of hydrogen-bond donors (Lipinski definition) is 0. The van der Waals surface area contributed by atoms with E-state index in [1.807, 2.05) is 121 Å². The monoisotopic (exact) mass is 826 g/mol. The van der Waals surface area contributed by atoms with Crippen LogP contribution in [0, 0.1) is 20.8 Å². The van der Waals surface area contributed by atoms with Gasteiger partial charge in [-0.3, -0.25) is 9.59 Å². The lowest BCUT2D eigenvalue weighted by molar-refractivity contribution is -0.111. The molecule has 3 aliphatic carbocycles. The van der Waals surface area contributed by atoms with Crippen LogP contribution in [0.4, 0.5) is 0 Å². The van der Waals surface area contributed by atoms with Crippen LogP contribution in [0.15, 0.2) is 228 Å². The van der Waals surface area contributed by atoms with Gasteiger partial charge in [0.2, 0.25) is 0 Å². The van der Waals surface area contributed by atoms with Crippen molar-refractivity contribution < 1.29 is 14.3 Å². The van der Waals surface area contributed by atoms with Crippen molar-refractivity contribution in [3.63, 3.8) is 0 Å². The third-order valence-corrected chi connectivity index (χ3v) is 11.7. The quantitative estimate of drug-likeness (QED) is 0.0912. The first-order chi connectivity index (χ1) is 31.2. The zero-order valence-electron chi connectivity index (χ0n) is 36.2. The smallest absolute Gasteiger partial charge is 0.195 e. The summed E-state index contributed by atoms with van der Waals surface area (Å²) in [5.41, 5.74) is 21.4. The molecular formula is C61H46O3. The number of hydrogen-bond acceptors (Lipinski definition) is 3. The van der Waals surface area contributed by atoms with Gasteiger partial charge in [-0.1, -0.05) is 180 Å². The molecule has 0 aromatic heterocycles. The molecule has 3 heteroatoms.